The molecule has 0 aromatic heterocycles. The summed E-state index contributed by atoms with van der Waals surface area (Å²) in [6, 6.07) is 4.50. The summed E-state index contributed by atoms with van der Waals surface area (Å²) in [5.41, 5.74) is 0.658. The minimum atomic E-state index is -0.472. The normalized spacial score (nSPS) is 17.5. The monoisotopic (exact) mass is 293 g/mol. The molecule has 1 saturated heterocycles. The van der Waals surface area contributed by atoms with Gasteiger partial charge in [0.05, 0.1) is 11.5 Å². The molecule has 0 radical (unpaired) electrons. The average Bonchev–Trinajstić information content (AvgIpc) is 2.97. The predicted molar refractivity (Wildman–Crippen MR) is 78.5 cm³/mol. The number of carbonyl (C=O) groups excluding carboxylic acids is 1. The molecule has 1 unspecified atom stereocenters. The zero-order valence-electron chi connectivity index (χ0n) is 12.2. The summed E-state index contributed by atoms with van der Waals surface area (Å²) in [7, 11) is 3.22. The van der Waals surface area contributed by atoms with Crippen LogP contribution in [0.2, 0.25) is 0 Å². The highest BCUT2D eigenvalue weighted by molar-refractivity contribution is 5.95. The molecule has 114 valence electrons. The van der Waals surface area contributed by atoms with Crippen molar-refractivity contribution in [3.05, 3.63) is 33.9 Å². The van der Waals surface area contributed by atoms with Crippen LogP contribution in [0.4, 0.5) is 11.4 Å². The van der Waals surface area contributed by atoms with Gasteiger partial charge in [-0.05, 0) is 18.6 Å². The molecule has 1 N–H and O–H groups in total. The average molecular weight is 293 g/mol. The Labute approximate surface area is 123 Å². The van der Waals surface area contributed by atoms with Crippen molar-refractivity contribution in [2.24, 2.45) is 5.92 Å². The Hall–Kier alpha value is -2.15. The summed E-state index contributed by atoms with van der Waals surface area (Å²) in [5, 5.41) is 14.3. The molecule has 1 amide bonds. The van der Waals surface area contributed by atoms with Crippen LogP contribution in [0.1, 0.15) is 16.8 Å². The molecule has 21 heavy (non-hydrogen) atoms. The Kier molecular flexibility index (Phi) is 4.74. The largest absolute Gasteiger partial charge is 0.381 e. The highest BCUT2D eigenvalue weighted by Gasteiger charge is 2.20. The number of nitro benzene ring substituents is 1. The Balaban J connectivity index is 2.16. The first-order chi connectivity index (χ1) is 9.99. The molecule has 1 fully saturated rings. The van der Waals surface area contributed by atoms with Crippen LogP contribution < -0.4 is 5.32 Å². The van der Waals surface area contributed by atoms with Crippen molar-refractivity contribution in [1.29, 1.82) is 0 Å². The van der Waals surface area contributed by atoms with E-state index in [1.807, 2.05) is 0 Å². The number of carbonyl (C=O) groups is 1. The fourth-order valence-electron chi connectivity index (χ4n) is 2.22. The molecule has 0 saturated carbocycles. The van der Waals surface area contributed by atoms with Crippen LogP contribution in [0.3, 0.4) is 0 Å². The van der Waals surface area contributed by atoms with Crippen LogP contribution in [0.5, 0.6) is 0 Å². The molecule has 0 spiro atoms. The maximum absolute atomic E-state index is 11.9. The first kappa shape index (κ1) is 15.2. The summed E-state index contributed by atoms with van der Waals surface area (Å²) in [4.78, 5) is 24.0. The van der Waals surface area contributed by atoms with Crippen LogP contribution >= 0.6 is 0 Å². The molecule has 0 bridgehead atoms. The minimum absolute atomic E-state index is 0.0818. The maximum atomic E-state index is 11.9. The smallest absolute Gasteiger partial charge is 0.293 e. The number of benzene rings is 1. The number of nitrogens with zero attached hydrogens (tertiary/aromatic N) is 2. The van der Waals surface area contributed by atoms with E-state index >= 15 is 0 Å². The molecule has 7 heteroatoms. The molecule has 1 aliphatic rings. The lowest BCUT2D eigenvalue weighted by atomic mass is 10.1. The van der Waals surface area contributed by atoms with Crippen molar-refractivity contribution >= 4 is 17.3 Å². The molecule has 0 aliphatic carbocycles. The van der Waals surface area contributed by atoms with Crippen molar-refractivity contribution in [1.82, 2.24) is 4.90 Å². The third-order valence-electron chi connectivity index (χ3n) is 3.45. The van der Waals surface area contributed by atoms with Crippen LogP contribution in [-0.4, -0.2) is 49.6 Å². The second-order valence-electron chi connectivity index (χ2n) is 5.30. The number of nitro groups is 1. The second kappa shape index (κ2) is 6.53. The lowest BCUT2D eigenvalue weighted by Crippen LogP contribution is -2.22. The van der Waals surface area contributed by atoms with Gasteiger partial charge in [-0.1, -0.05) is 0 Å². The summed E-state index contributed by atoms with van der Waals surface area (Å²) in [6.45, 7) is 2.05. The molecule has 7 nitrogen and oxygen atoms in total. The van der Waals surface area contributed by atoms with E-state index in [-0.39, 0.29) is 11.6 Å². The van der Waals surface area contributed by atoms with Gasteiger partial charge in [-0.3, -0.25) is 14.9 Å². The van der Waals surface area contributed by atoms with E-state index in [0.717, 1.165) is 13.0 Å². The van der Waals surface area contributed by atoms with E-state index in [1.54, 1.807) is 26.2 Å². The van der Waals surface area contributed by atoms with Crippen molar-refractivity contribution in [3.63, 3.8) is 0 Å². The maximum Gasteiger partial charge on any atom is 0.293 e. The van der Waals surface area contributed by atoms with Gasteiger partial charge in [-0.25, -0.2) is 0 Å². The SMILES string of the molecule is CN(C)C(=O)c1ccc(NCC2CCOC2)c([N+](=O)[O-])c1. The number of hydrogen-bond acceptors (Lipinski definition) is 5. The fourth-order valence-corrected chi connectivity index (χ4v) is 2.22. The van der Waals surface area contributed by atoms with Gasteiger partial charge in [0.2, 0.25) is 0 Å². The van der Waals surface area contributed by atoms with Crippen molar-refractivity contribution in [3.8, 4) is 0 Å². The molecule has 1 aromatic carbocycles. The Morgan fingerprint density at radius 1 is 1.52 bits per heavy atom. The van der Waals surface area contributed by atoms with Crippen LogP contribution in [0.25, 0.3) is 0 Å². The second-order valence-corrected chi connectivity index (χ2v) is 5.30. The molecule has 2 rings (SSSR count). The van der Waals surface area contributed by atoms with Gasteiger partial charge < -0.3 is 15.0 Å². The Bertz CT molecular complexity index is 539. The van der Waals surface area contributed by atoms with Gasteiger partial charge in [0.1, 0.15) is 5.69 Å². The topological polar surface area (TPSA) is 84.7 Å². The predicted octanol–water partition coefficient (Wildman–Crippen LogP) is 1.74. The van der Waals surface area contributed by atoms with Crippen molar-refractivity contribution < 1.29 is 14.5 Å². The molecular formula is C14H19N3O4. The number of anilines is 1. The number of rotatable bonds is 5. The first-order valence-corrected chi connectivity index (χ1v) is 6.80. The zero-order chi connectivity index (χ0) is 15.4. The molecular weight excluding hydrogens is 274 g/mol. The van der Waals surface area contributed by atoms with Gasteiger partial charge in [-0.2, -0.15) is 0 Å². The first-order valence-electron chi connectivity index (χ1n) is 6.80. The van der Waals surface area contributed by atoms with Gasteiger partial charge >= 0.3 is 0 Å². The summed E-state index contributed by atoms with van der Waals surface area (Å²) in [6.07, 6.45) is 0.956. The van der Waals surface area contributed by atoms with Crippen LogP contribution in [0.15, 0.2) is 18.2 Å². The quantitative estimate of drug-likeness (QED) is 0.660. The van der Waals surface area contributed by atoms with E-state index < -0.39 is 4.92 Å². The van der Waals surface area contributed by atoms with Gasteiger partial charge in [0.25, 0.3) is 11.6 Å². The highest BCUT2D eigenvalue weighted by atomic mass is 16.6. The van der Waals surface area contributed by atoms with Crippen LogP contribution in [0, 0.1) is 16.0 Å². The van der Waals surface area contributed by atoms with Gasteiger partial charge in [0.15, 0.2) is 0 Å². The Morgan fingerprint density at radius 3 is 2.86 bits per heavy atom. The van der Waals surface area contributed by atoms with Crippen molar-refractivity contribution in [2.45, 2.75) is 6.42 Å². The number of hydrogen-bond donors (Lipinski definition) is 1. The fraction of sp³-hybridized carbons (Fsp3) is 0.500. The summed E-state index contributed by atoms with van der Waals surface area (Å²) < 4.78 is 5.28. The third-order valence-corrected chi connectivity index (χ3v) is 3.45. The zero-order valence-corrected chi connectivity index (χ0v) is 12.2. The molecule has 1 aliphatic heterocycles. The third kappa shape index (κ3) is 3.69. The lowest BCUT2D eigenvalue weighted by molar-refractivity contribution is -0.384. The van der Waals surface area contributed by atoms with E-state index in [2.05, 4.69) is 5.32 Å². The van der Waals surface area contributed by atoms with Gasteiger partial charge in [0, 0.05) is 44.8 Å². The number of amides is 1. The molecule has 1 heterocycles. The van der Waals surface area contributed by atoms with E-state index in [4.69, 9.17) is 4.74 Å². The number of ether oxygens (including phenoxy) is 1. The van der Waals surface area contributed by atoms with Crippen molar-refractivity contribution in [2.75, 3.05) is 39.2 Å². The van der Waals surface area contributed by atoms with Crippen LogP contribution in [-0.2, 0) is 4.74 Å². The number of nitrogens with one attached hydrogen (secondary N) is 1. The molecule has 1 atom stereocenters. The van der Waals surface area contributed by atoms with Gasteiger partial charge in [-0.15, -0.1) is 0 Å². The van der Waals surface area contributed by atoms with E-state index in [1.165, 1.54) is 11.0 Å². The standard InChI is InChI=1S/C14H19N3O4/c1-16(2)14(18)11-3-4-12(13(7-11)17(19)20)15-8-10-5-6-21-9-10/h3-4,7,10,15H,5-6,8-9H2,1-2H3. The lowest BCUT2D eigenvalue weighted by Gasteiger charge is -2.13. The van der Waals surface area contributed by atoms with E-state index in [0.29, 0.717) is 30.3 Å². The Morgan fingerprint density at radius 2 is 2.29 bits per heavy atom. The molecule has 1 aromatic rings. The highest BCUT2D eigenvalue weighted by Crippen LogP contribution is 2.27. The van der Waals surface area contributed by atoms with E-state index in [9.17, 15) is 14.9 Å². The summed E-state index contributed by atoms with van der Waals surface area (Å²) in [5.74, 6) is 0.113. The minimum Gasteiger partial charge on any atom is -0.381 e. The summed E-state index contributed by atoms with van der Waals surface area (Å²) >= 11 is 0.